The predicted octanol–water partition coefficient (Wildman–Crippen LogP) is 2.74. The first-order valence-corrected chi connectivity index (χ1v) is 9.65. The van der Waals surface area contributed by atoms with Crippen molar-refractivity contribution in [2.45, 2.75) is 39.7 Å². The van der Waals surface area contributed by atoms with Gasteiger partial charge in [0.05, 0.1) is 24.2 Å². The Morgan fingerprint density at radius 1 is 1.26 bits per heavy atom. The molecule has 0 radical (unpaired) electrons. The second kappa shape index (κ2) is 5.46. The van der Waals surface area contributed by atoms with Crippen LogP contribution in [0.4, 0.5) is 0 Å². The van der Waals surface area contributed by atoms with E-state index in [1.165, 1.54) is 11.8 Å². The summed E-state index contributed by atoms with van der Waals surface area (Å²) in [6.07, 6.45) is 4.65. The number of hydrogen-bond acceptors (Lipinski definition) is 3. The van der Waals surface area contributed by atoms with Gasteiger partial charge in [-0.05, 0) is 37.3 Å². The Hall–Kier alpha value is -1.66. The second-order valence-electron chi connectivity index (χ2n) is 7.28. The highest BCUT2D eigenvalue weighted by molar-refractivity contribution is 7.88. The van der Waals surface area contributed by atoms with Crippen molar-refractivity contribution in [3.63, 3.8) is 0 Å². The van der Waals surface area contributed by atoms with Crippen molar-refractivity contribution in [2.24, 2.45) is 5.41 Å². The summed E-state index contributed by atoms with van der Waals surface area (Å²) in [7, 11) is -3.26. The number of nitrogens with one attached hydrogen (secondary N) is 1. The first-order valence-electron chi connectivity index (χ1n) is 7.76. The van der Waals surface area contributed by atoms with E-state index < -0.39 is 10.0 Å². The van der Waals surface area contributed by atoms with Crippen LogP contribution < -0.4 is 4.72 Å². The molecule has 0 amide bonds. The van der Waals surface area contributed by atoms with Crippen LogP contribution in [0.25, 0.3) is 5.69 Å². The van der Waals surface area contributed by atoms with E-state index in [1.54, 1.807) is 6.20 Å². The van der Waals surface area contributed by atoms with Gasteiger partial charge in [0, 0.05) is 11.3 Å². The number of sulfonamides is 1. The third kappa shape index (κ3) is 3.48. The van der Waals surface area contributed by atoms with Crippen molar-refractivity contribution < 1.29 is 8.42 Å². The van der Waals surface area contributed by atoms with Crippen molar-refractivity contribution in [1.29, 1.82) is 0 Å². The molecule has 1 N–H and O–H groups in total. The van der Waals surface area contributed by atoms with Gasteiger partial charge in [-0.15, -0.1) is 0 Å². The lowest BCUT2D eigenvalue weighted by Crippen LogP contribution is -2.36. The van der Waals surface area contributed by atoms with Gasteiger partial charge in [0.25, 0.3) is 0 Å². The minimum atomic E-state index is -3.26. The summed E-state index contributed by atoms with van der Waals surface area (Å²) in [4.78, 5) is 0. The van der Waals surface area contributed by atoms with Gasteiger partial charge < -0.3 is 0 Å². The molecule has 0 unspecified atom stereocenters. The van der Waals surface area contributed by atoms with E-state index in [1.807, 2.05) is 16.8 Å². The van der Waals surface area contributed by atoms with Crippen molar-refractivity contribution in [3.8, 4) is 5.69 Å². The predicted molar refractivity (Wildman–Crippen MR) is 91.1 cm³/mol. The van der Waals surface area contributed by atoms with Crippen LogP contribution in [0.2, 0.25) is 0 Å². The Bertz CT molecular complexity index is 820. The Morgan fingerprint density at radius 3 is 2.52 bits per heavy atom. The van der Waals surface area contributed by atoms with Gasteiger partial charge in [0.15, 0.2) is 0 Å². The minimum absolute atomic E-state index is 0.0117. The average molecular weight is 333 g/mol. The highest BCUT2D eigenvalue weighted by Gasteiger charge is 2.36. The Labute approximate surface area is 137 Å². The number of hydrogen-bond donors (Lipinski definition) is 1. The molecule has 0 saturated carbocycles. The van der Waals surface area contributed by atoms with E-state index in [9.17, 15) is 8.42 Å². The van der Waals surface area contributed by atoms with Crippen molar-refractivity contribution in [2.75, 3.05) is 6.26 Å². The SMILES string of the molecule is Cc1ccc(-n2ncc3c2CC(C)(C)C[C@@H]3NS(C)(=O)=O)cc1. The van der Waals surface area contributed by atoms with Crippen LogP contribution in [0.3, 0.4) is 0 Å². The highest BCUT2D eigenvalue weighted by atomic mass is 32.2. The molecule has 2 aromatic rings. The van der Waals surface area contributed by atoms with Crippen LogP contribution in [-0.2, 0) is 16.4 Å². The Balaban J connectivity index is 2.06. The summed E-state index contributed by atoms with van der Waals surface area (Å²) in [5.74, 6) is 0. The van der Waals surface area contributed by atoms with Crippen LogP contribution >= 0.6 is 0 Å². The maximum atomic E-state index is 11.7. The van der Waals surface area contributed by atoms with Crippen molar-refractivity contribution in [3.05, 3.63) is 47.3 Å². The summed E-state index contributed by atoms with van der Waals surface area (Å²) < 4.78 is 28.1. The first kappa shape index (κ1) is 16.2. The molecule has 0 aliphatic heterocycles. The lowest BCUT2D eigenvalue weighted by atomic mass is 9.74. The molecule has 124 valence electrons. The molecular formula is C17H23N3O2S. The lowest BCUT2D eigenvalue weighted by molar-refractivity contribution is 0.269. The molecule has 0 saturated heterocycles. The van der Waals surface area contributed by atoms with Crippen LogP contribution in [0, 0.1) is 12.3 Å². The normalized spacial score (nSPS) is 20.3. The number of rotatable bonds is 3. The fourth-order valence-electron chi connectivity index (χ4n) is 3.31. The topological polar surface area (TPSA) is 64.0 Å². The smallest absolute Gasteiger partial charge is 0.209 e. The Morgan fingerprint density at radius 2 is 1.91 bits per heavy atom. The van der Waals surface area contributed by atoms with Gasteiger partial charge >= 0.3 is 0 Å². The number of nitrogens with zero attached hydrogens (tertiary/aromatic N) is 2. The molecule has 1 aromatic carbocycles. The van der Waals surface area contributed by atoms with Crippen molar-refractivity contribution >= 4 is 10.0 Å². The van der Waals surface area contributed by atoms with Crippen LogP contribution in [0.1, 0.15) is 43.1 Å². The zero-order chi connectivity index (χ0) is 16.8. The molecule has 1 aromatic heterocycles. The van der Waals surface area contributed by atoms with Gasteiger partial charge in [0.1, 0.15) is 0 Å². The molecule has 1 aliphatic rings. The molecule has 0 bridgehead atoms. The molecule has 1 atom stereocenters. The molecule has 5 nitrogen and oxygen atoms in total. The summed E-state index contributed by atoms with van der Waals surface area (Å²) in [6.45, 7) is 6.39. The largest absolute Gasteiger partial charge is 0.237 e. The summed E-state index contributed by atoms with van der Waals surface area (Å²) >= 11 is 0. The fourth-order valence-corrected chi connectivity index (χ4v) is 4.04. The number of aryl methyl sites for hydroxylation is 1. The van der Waals surface area contributed by atoms with Crippen LogP contribution in [0.5, 0.6) is 0 Å². The maximum absolute atomic E-state index is 11.7. The van der Waals surface area contributed by atoms with Crippen LogP contribution in [-0.4, -0.2) is 24.5 Å². The quantitative estimate of drug-likeness (QED) is 0.939. The summed E-state index contributed by atoms with van der Waals surface area (Å²) in [6, 6.07) is 7.99. The average Bonchev–Trinajstić information content (AvgIpc) is 2.80. The highest BCUT2D eigenvalue weighted by Crippen LogP contribution is 2.41. The number of benzene rings is 1. The van der Waals surface area contributed by atoms with E-state index in [0.29, 0.717) is 0 Å². The zero-order valence-corrected chi connectivity index (χ0v) is 14.8. The van der Waals surface area contributed by atoms with Crippen molar-refractivity contribution in [1.82, 2.24) is 14.5 Å². The van der Waals surface area contributed by atoms with Gasteiger partial charge in [-0.2, -0.15) is 5.10 Å². The van der Waals surface area contributed by atoms with Gasteiger partial charge in [-0.1, -0.05) is 31.5 Å². The molecule has 3 rings (SSSR count). The molecule has 0 spiro atoms. The number of aromatic nitrogens is 2. The monoisotopic (exact) mass is 333 g/mol. The van der Waals surface area contributed by atoms with Gasteiger partial charge in [-0.3, -0.25) is 0 Å². The van der Waals surface area contributed by atoms with Gasteiger partial charge in [0.2, 0.25) is 10.0 Å². The molecule has 6 heteroatoms. The van der Waals surface area contributed by atoms with E-state index in [-0.39, 0.29) is 11.5 Å². The van der Waals surface area contributed by atoms with E-state index in [2.05, 4.69) is 42.7 Å². The fraction of sp³-hybridized carbons (Fsp3) is 0.471. The summed E-state index contributed by atoms with van der Waals surface area (Å²) in [5.41, 5.74) is 4.29. The third-order valence-corrected chi connectivity index (χ3v) is 5.03. The standard InChI is InChI=1S/C17H23N3O2S/c1-12-5-7-13(8-6-12)20-16-10-17(2,3)9-15(14(16)11-18-20)19-23(4,21)22/h5-8,11,15,19H,9-10H2,1-4H3/t15-/m0/s1. The maximum Gasteiger partial charge on any atom is 0.209 e. The molecule has 0 fully saturated rings. The van der Waals surface area contributed by atoms with Crippen LogP contribution in [0.15, 0.2) is 30.5 Å². The molecular weight excluding hydrogens is 310 g/mol. The molecule has 1 heterocycles. The summed E-state index contributed by atoms with van der Waals surface area (Å²) in [5, 5.41) is 4.53. The molecule has 23 heavy (non-hydrogen) atoms. The second-order valence-corrected chi connectivity index (χ2v) is 9.06. The third-order valence-electron chi connectivity index (χ3n) is 4.31. The van der Waals surface area contributed by atoms with E-state index in [4.69, 9.17) is 0 Å². The Kier molecular flexibility index (Phi) is 3.84. The number of fused-ring (bicyclic) bond motifs is 1. The first-order chi connectivity index (χ1) is 10.6. The zero-order valence-electron chi connectivity index (χ0n) is 14.0. The lowest BCUT2D eigenvalue weighted by Gasteiger charge is -2.35. The molecule has 1 aliphatic carbocycles. The van der Waals surface area contributed by atoms with E-state index in [0.717, 1.165) is 29.8 Å². The van der Waals surface area contributed by atoms with Gasteiger partial charge in [-0.25, -0.2) is 17.8 Å². The van der Waals surface area contributed by atoms with E-state index >= 15 is 0 Å². The minimum Gasteiger partial charge on any atom is -0.237 e.